The van der Waals surface area contributed by atoms with Gasteiger partial charge in [0, 0.05) is 30.5 Å². The van der Waals surface area contributed by atoms with Crippen molar-refractivity contribution in [2.24, 2.45) is 5.92 Å². The number of unbranched alkanes of at least 4 members (excludes halogenated alkanes) is 8. The van der Waals surface area contributed by atoms with Crippen LogP contribution in [0.4, 0.5) is 5.69 Å². The molecule has 224 valence electrons. The zero-order valence-corrected chi connectivity index (χ0v) is 25.7. The van der Waals surface area contributed by atoms with Crippen LogP contribution in [0.5, 0.6) is 11.5 Å². The molecule has 2 rings (SSSR count). The maximum Gasteiger partial charge on any atom is 0.227 e. The lowest BCUT2D eigenvalue weighted by Gasteiger charge is -2.18. The first-order valence-electron chi connectivity index (χ1n) is 14.7. The van der Waals surface area contributed by atoms with Crippen LogP contribution < -0.4 is 10.6 Å². The van der Waals surface area contributed by atoms with Gasteiger partial charge in [-0.2, -0.15) is 0 Å². The number of phenolic OH excluding ortho intramolecular Hbond substituents is 2. The SMILES string of the molecule is CCCCCCCCC(CCCCCC)C(=O)Nc1cc(O)c(Sc2nc(CC(=O)NCCCO)cs2)cc1O. The number of carbonyl (C=O) groups is 2. The third-order valence-corrected chi connectivity index (χ3v) is 8.78. The van der Waals surface area contributed by atoms with Crippen molar-refractivity contribution >= 4 is 40.6 Å². The largest absolute Gasteiger partial charge is 0.507 e. The standard InChI is InChI=1S/C30H47N3O5S2/c1-3-5-7-9-10-12-15-22(14-11-8-6-4-2)29(38)33-24-19-26(36)27(20-25(24)35)40-30-32-23(21-39-30)18-28(37)31-16-13-17-34/h19-22,34-36H,3-18H2,1-2H3,(H,31,37)(H,33,38). The van der Waals surface area contributed by atoms with E-state index in [1.807, 2.05) is 0 Å². The van der Waals surface area contributed by atoms with Gasteiger partial charge in [0.25, 0.3) is 0 Å². The molecule has 1 atom stereocenters. The van der Waals surface area contributed by atoms with Gasteiger partial charge >= 0.3 is 0 Å². The lowest BCUT2D eigenvalue weighted by molar-refractivity contribution is -0.121. The molecule has 40 heavy (non-hydrogen) atoms. The number of aliphatic hydroxyl groups is 1. The number of hydrogen-bond acceptors (Lipinski definition) is 8. The second-order valence-electron chi connectivity index (χ2n) is 10.2. The number of aromatic hydroxyl groups is 2. The Morgan fingerprint density at radius 1 is 0.925 bits per heavy atom. The first-order chi connectivity index (χ1) is 19.4. The Morgan fingerprint density at radius 2 is 1.57 bits per heavy atom. The molecule has 0 aliphatic heterocycles. The number of aromatic nitrogens is 1. The first-order valence-corrected chi connectivity index (χ1v) is 16.4. The molecule has 0 spiro atoms. The van der Waals surface area contributed by atoms with Crippen LogP contribution in [-0.2, 0) is 16.0 Å². The average molecular weight is 594 g/mol. The lowest BCUT2D eigenvalue weighted by Crippen LogP contribution is -2.26. The first kappa shape index (κ1) is 33.9. The van der Waals surface area contributed by atoms with E-state index in [2.05, 4.69) is 29.5 Å². The predicted molar refractivity (Wildman–Crippen MR) is 163 cm³/mol. The molecule has 1 heterocycles. The monoisotopic (exact) mass is 593 g/mol. The molecule has 8 nitrogen and oxygen atoms in total. The van der Waals surface area contributed by atoms with Crippen molar-refractivity contribution in [1.82, 2.24) is 10.3 Å². The highest BCUT2D eigenvalue weighted by atomic mass is 32.2. The summed E-state index contributed by atoms with van der Waals surface area (Å²) < 4.78 is 0.621. The summed E-state index contributed by atoms with van der Waals surface area (Å²) in [5, 5.41) is 37.5. The minimum absolute atomic E-state index is 0.0232. The average Bonchev–Trinajstić information content (AvgIpc) is 3.36. The van der Waals surface area contributed by atoms with Crippen molar-refractivity contribution in [2.75, 3.05) is 18.5 Å². The number of amides is 2. The van der Waals surface area contributed by atoms with Gasteiger partial charge in [-0.25, -0.2) is 4.98 Å². The summed E-state index contributed by atoms with van der Waals surface area (Å²) in [6.07, 6.45) is 13.8. The van der Waals surface area contributed by atoms with Gasteiger partial charge < -0.3 is 26.0 Å². The number of aliphatic hydroxyl groups excluding tert-OH is 1. The summed E-state index contributed by atoms with van der Waals surface area (Å²) in [4.78, 5) is 30.0. The molecule has 0 saturated carbocycles. The summed E-state index contributed by atoms with van der Waals surface area (Å²) in [7, 11) is 0. The van der Waals surface area contributed by atoms with E-state index < -0.39 is 0 Å². The summed E-state index contributed by atoms with van der Waals surface area (Å²) in [5.41, 5.74) is 0.810. The second kappa shape index (κ2) is 19.7. The van der Waals surface area contributed by atoms with E-state index in [1.165, 1.54) is 60.9 Å². The summed E-state index contributed by atoms with van der Waals surface area (Å²) in [5.74, 6) is -0.573. The number of nitrogens with one attached hydrogen (secondary N) is 2. The molecular weight excluding hydrogens is 546 g/mol. The fraction of sp³-hybridized carbons (Fsp3) is 0.633. The number of benzene rings is 1. The molecule has 2 amide bonds. The normalized spacial score (nSPS) is 11.9. The van der Waals surface area contributed by atoms with Crippen molar-refractivity contribution in [2.45, 2.75) is 113 Å². The minimum Gasteiger partial charge on any atom is -0.507 e. The Labute approximate surface area is 247 Å². The molecule has 1 aromatic carbocycles. The van der Waals surface area contributed by atoms with Gasteiger partial charge in [0.2, 0.25) is 11.8 Å². The van der Waals surface area contributed by atoms with E-state index in [9.17, 15) is 19.8 Å². The van der Waals surface area contributed by atoms with Gasteiger partial charge in [-0.1, -0.05) is 89.8 Å². The van der Waals surface area contributed by atoms with Gasteiger partial charge in [-0.3, -0.25) is 9.59 Å². The van der Waals surface area contributed by atoms with Gasteiger partial charge in [-0.15, -0.1) is 11.3 Å². The van der Waals surface area contributed by atoms with Crippen LogP contribution >= 0.6 is 23.1 Å². The fourth-order valence-corrected chi connectivity index (χ4v) is 6.25. The van der Waals surface area contributed by atoms with Crippen LogP contribution in [0.1, 0.15) is 103 Å². The number of carbonyl (C=O) groups excluding carboxylic acids is 2. The van der Waals surface area contributed by atoms with Gasteiger partial charge in [0.1, 0.15) is 11.5 Å². The number of phenols is 2. The number of nitrogens with zero attached hydrogens (tertiary/aromatic N) is 1. The highest BCUT2D eigenvalue weighted by molar-refractivity contribution is 8.01. The van der Waals surface area contributed by atoms with E-state index in [1.54, 1.807) is 5.38 Å². The van der Waals surface area contributed by atoms with E-state index in [0.29, 0.717) is 27.9 Å². The molecule has 0 fully saturated rings. The molecule has 0 bridgehead atoms. The minimum atomic E-state index is -0.170. The van der Waals surface area contributed by atoms with E-state index in [4.69, 9.17) is 5.11 Å². The number of rotatable bonds is 21. The molecule has 2 aromatic rings. The van der Waals surface area contributed by atoms with Crippen molar-refractivity contribution in [3.63, 3.8) is 0 Å². The Bertz CT molecular complexity index is 1030. The number of thiazole rings is 1. The fourth-order valence-electron chi connectivity index (χ4n) is 4.41. The smallest absolute Gasteiger partial charge is 0.227 e. The Morgan fingerprint density at radius 3 is 2.25 bits per heavy atom. The summed E-state index contributed by atoms with van der Waals surface area (Å²) >= 11 is 2.53. The van der Waals surface area contributed by atoms with E-state index >= 15 is 0 Å². The zero-order chi connectivity index (χ0) is 29.2. The maximum atomic E-state index is 13.2. The van der Waals surface area contributed by atoms with Crippen LogP contribution in [-0.4, -0.2) is 45.3 Å². The molecule has 0 radical (unpaired) electrons. The van der Waals surface area contributed by atoms with Crippen LogP contribution in [0.15, 0.2) is 26.7 Å². The van der Waals surface area contributed by atoms with E-state index in [0.717, 1.165) is 51.4 Å². The third-order valence-electron chi connectivity index (χ3n) is 6.74. The van der Waals surface area contributed by atoms with Crippen molar-refractivity contribution in [3.8, 4) is 11.5 Å². The number of hydrogen-bond donors (Lipinski definition) is 5. The van der Waals surface area contributed by atoms with Gasteiger partial charge in [-0.05, 0) is 25.3 Å². The molecular formula is C30H47N3O5S2. The van der Waals surface area contributed by atoms with Gasteiger partial charge in [0.15, 0.2) is 4.34 Å². The number of anilines is 1. The molecule has 1 unspecified atom stereocenters. The van der Waals surface area contributed by atoms with Crippen LogP contribution in [0, 0.1) is 5.92 Å². The second-order valence-corrected chi connectivity index (χ2v) is 12.4. The quantitative estimate of drug-likeness (QED) is 0.0597. The highest BCUT2D eigenvalue weighted by Gasteiger charge is 2.21. The summed E-state index contributed by atoms with van der Waals surface area (Å²) in [6.45, 7) is 4.81. The molecule has 0 saturated heterocycles. The molecule has 0 aliphatic rings. The molecule has 10 heteroatoms. The molecule has 5 N–H and O–H groups in total. The van der Waals surface area contributed by atoms with Crippen molar-refractivity contribution in [3.05, 3.63) is 23.2 Å². The van der Waals surface area contributed by atoms with Crippen molar-refractivity contribution in [1.29, 1.82) is 0 Å². The highest BCUT2D eigenvalue weighted by Crippen LogP contribution is 2.41. The van der Waals surface area contributed by atoms with Crippen LogP contribution in [0.25, 0.3) is 0 Å². The van der Waals surface area contributed by atoms with Crippen molar-refractivity contribution < 1.29 is 24.9 Å². The van der Waals surface area contributed by atoms with Gasteiger partial charge in [0.05, 0.1) is 22.7 Å². The Hall–Kier alpha value is -2.30. The van der Waals surface area contributed by atoms with Crippen LogP contribution in [0.3, 0.4) is 0 Å². The predicted octanol–water partition coefficient (Wildman–Crippen LogP) is 7.02. The van der Waals surface area contributed by atoms with Crippen LogP contribution in [0.2, 0.25) is 0 Å². The zero-order valence-electron chi connectivity index (χ0n) is 24.0. The Kier molecular flexibility index (Phi) is 16.7. The summed E-state index contributed by atoms with van der Waals surface area (Å²) in [6, 6.07) is 2.82. The van der Waals surface area contributed by atoms with E-state index in [-0.39, 0.29) is 47.9 Å². The maximum absolute atomic E-state index is 13.2. The lowest BCUT2D eigenvalue weighted by atomic mass is 9.93. The molecule has 0 aliphatic carbocycles. The molecule has 1 aromatic heterocycles. The topological polar surface area (TPSA) is 132 Å². The Balaban J connectivity index is 1.97. The third kappa shape index (κ3) is 12.9.